The molecule has 0 saturated heterocycles. The van der Waals surface area contributed by atoms with Gasteiger partial charge in [-0.15, -0.1) is 22.7 Å². The monoisotopic (exact) mass is 572 g/mol. The third-order valence-corrected chi connectivity index (χ3v) is 8.46. The maximum absolute atomic E-state index is 13.5. The molecular formula is C28H36N4O5S2. The summed E-state index contributed by atoms with van der Waals surface area (Å²) < 4.78 is 0. The standard InChI is InChI=1S/C26H29N3O4S2.C2H7NO/c1-15-4-6-17(7-5-15)23(30)22(29(2)3)19-12-21(35-24(19)26(32)33)16-8-10-18(11-9-16)28-25(31)20-13-34-14-27-20;3-1-2-4/h8-15,17,22H,4-7H2,1-3H3,(H,28,31)(H,32,33);4H,1-3H2. The van der Waals surface area contributed by atoms with Gasteiger partial charge in [-0.3, -0.25) is 14.5 Å². The number of aromatic carboxylic acids is 1. The predicted molar refractivity (Wildman–Crippen MR) is 152 cm³/mol. The van der Waals surface area contributed by atoms with E-state index in [0.717, 1.165) is 47.5 Å². The number of Topliss-reactive ketones (excluding diaryl/α,β-unsaturated/α-hetero) is 1. The molecule has 9 nitrogen and oxygen atoms in total. The quantitative estimate of drug-likeness (QED) is 0.357. The highest BCUT2D eigenvalue weighted by atomic mass is 32.1. The first-order chi connectivity index (χ1) is 18.7. The number of carboxylic acid groups (broad SMARTS) is 1. The van der Waals surface area contributed by atoms with Gasteiger partial charge in [0.25, 0.3) is 5.91 Å². The zero-order valence-electron chi connectivity index (χ0n) is 22.5. The molecule has 2 aromatic heterocycles. The molecule has 1 atom stereocenters. The fraction of sp³-hybridized carbons (Fsp3) is 0.429. The summed E-state index contributed by atoms with van der Waals surface area (Å²) in [5.41, 5.74) is 7.20. The molecule has 0 spiro atoms. The molecule has 1 aromatic carbocycles. The van der Waals surface area contributed by atoms with Crippen LogP contribution in [-0.4, -0.2) is 59.9 Å². The van der Waals surface area contributed by atoms with Gasteiger partial charge >= 0.3 is 0 Å². The molecule has 3 aromatic rings. The highest BCUT2D eigenvalue weighted by Crippen LogP contribution is 2.39. The summed E-state index contributed by atoms with van der Waals surface area (Å²) in [4.78, 5) is 44.4. The van der Waals surface area contributed by atoms with Crippen molar-refractivity contribution in [3.8, 4) is 10.4 Å². The molecule has 1 aliphatic rings. The van der Waals surface area contributed by atoms with Crippen LogP contribution in [0.3, 0.4) is 0 Å². The van der Waals surface area contributed by atoms with Gasteiger partial charge in [-0.05, 0) is 62.2 Å². The van der Waals surface area contributed by atoms with E-state index in [2.05, 4.69) is 23.0 Å². The van der Waals surface area contributed by atoms with Crippen LogP contribution in [0.4, 0.5) is 5.69 Å². The number of quaternary nitrogens is 1. The van der Waals surface area contributed by atoms with Gasteiger partial charge in [0.2, 0.25) is 0 Å². The molecule has 5 N–H and O–H groups in total. The second kappa shape index (κ2) is 14.4. The number of anilines is 1. The third kappa shape index (κ3) is 8.02. The smallest absolute Gasteiger partial charge is 0.275 e. The number of carboxylic acids is 1. The van der Waals surface area contributed by atoms with Crippen molar-refractivity contribution in [3.63, 3.8) is 0 Å². The van der Waals surface area contributed by atoms with E-state index in [1.165, 1.54) is 11.3 Å². The van der Waals surface area contributed by atoms with Crippen LogP contribution in [0.2, 0.25) is 0 Å². The number of carbonyl (C=O) groups excluding carboxylic acids is 3. The summed E-state index contributed by atoms with van der Waals surface area (Å²) >= 11 is 2.46. The fourth-order valence-electron chi connectivity index (χ4n) is 4.60. The van der Waals surface area contributed by atoms with Crippen molar-refractivity contribution < 1.29 is 30.3 Å². The van der Waals surface area contributed by atoms with Crippen molar-refractivity contribution in [1.29, 1.82) is 0 Å². The summed E-state index contributed by atoms with van der Waals surface area (Å²) in [6.45, 7) is 3.04. The van der Waals surface area contributed by atoms with Gasteiger partial charge in [0.05, 0.1) is 35.6 Å². The van der Waals surface area contributed by atoms with Gasteiger partial charge in [0.1, 0.15) is 5.69 Å². The van der Waals surface area contributed by atoms with E-state index in [1.807, 2.05) is 26.2 Å². The lowest BCUT2D eigenvalue weighted by atomic mass is 9.78. The molecule has 1 aliphatic carbocycles. The molecule has 1 unspecified atom stereocenters. The van der Waals surface area contributed by atoms with Crippen molar-refractivity contribution in [2.75, 3.05) is 32.6 Å². The number of carbonyl (C=O) groups is 3. The predicted octanol–water partition coefficient (Wildman–Crippen LogP) is 2.71. The Morgan fingerprint density at radius 1 is 1.18 bits per heavy atom. The lowest BCUT2D eigenvalue weighted by Crippen LogP contribution is -2.51. The van der Waals surface area contributed by atoms with Crippen LogP contribution in [0.15, 0.2) is 41.2 Å². The Morgan fingerprint density at radius 2 is 1.82 bits per heavy atom. The van der Waals surface area contributed by atoms with Crippen molar-refractivity contribution in [2.45, 2.75) is 38.6 Å². The van der Waals surface area contributed by atoms with Crippen molar-refractivity contribution in [1.82, 2.24) is 9.88 Å². The number of ketones is 1. The number of hydrogen-bond donors (Lipinski definition) is 3. The minimum absolute atomic E-state index is 0.0582. The number of thiophene rings is 1. The lowest BCUT2D eigenvalue weighted by molar-refractivity contribution is -0.372. The Labute approximate surface area is 236 Å². The summed E-state index contributed by atoms with van der Waals surface area (Å²) in [6.07, 6.45) is 3.72. The van der Waals surface area contributed by atoms with E-state index in [4.69, 9.17) is 5.11 Å². The average molecular weight is 573 g/mol. The molecular weight excluding hydrogens is 536 g/mol. The SMILES string of the molecule is CC1CCC(C(=O)C(c2cc(-c3ccc(NC(=O)c4cscn4)cc3)sc2C(=O)[O-])N(C)C)CC1.[NH3+]CCO. The van der Waals surface area contributed by atoms with E-state index >= 15 is 0 Å². The molecule has 39 heavy (non-hydrogen) atoms. The number of nitrogens with one attached hydrogen (secondary N) is 1. The minimum atomic E-state index is -1.28. The normalized spacial score (nSPS) is 17.7. The molecule has 210 valence electrons. The number of benzene rings is 1. The third-order valence-electron chi connectivity index (χ3n) is 6.70. The number of aromatic nitrogens is 1. The average Bonchev–Trinajstić information content (AvgIpc) is 3.61. The molecule has 11 heteroatoms. The number of amides is 1. The van der Waals surface area contributed by atoms with Crippen LogP contribution in [-0.2, 0) is 4.79 Å². The Hall–Kier alpha value is -2.96. The van der Waals surface area contributed by atoms with E-state index in [-0.39, 0.29) is 29.1 Å². The van der Waals surface area contributed by atoms with Gasteiger partial charge in [-0.25, -0.2) is 4.98 Å². The number of likely N-dealkylation sites (N-methyl/N-ethyl adjacent to an activating group) is 1. The maximum atomic E-state index is 13.5. The molecule has 4 rings (SSSR count). The zero-order valence-corrected chi connectivity index (χ0v) is 24.1. The molecule has 1 amide bonds. The van der Waals surface area contributed by atoms with E-state index in [1.54, 1.807) is 34.0 Å². The van der Waals surface area contributed by atoms with Crippen molar-refractivity contribution >= 4 is 46.0 Å². The highest BCUT2D eigenvalue weighted by molar-refractivity contribution is 7.17. The summed E-state index contributed by atoms with van der Waals surface area (Å²) in [6, 6.07) is 8.32. The Balaban J connectivity index is 0.000000983. The van der Waals surface area contributed by atoms with Crippen molar-refractivity contribution in [3.05, 3.63) is 57.4 Å². The second-order valence-corrected chi connectivity index (χ2v) is 11.7. The van der Waals surface area contributed by atoms with Gasteiger partial charge in [-0.1, -0.05) is 31.9 Å². The fourth-order valence-corrected chi connectivity index (χ4v) is 6.16. The molecule has 0 radical (unpaired) electrons. The van der Waals surface area contributed by atoms with E-state index in [0.29, 0.717) is 29.4 Å². The van der Waals surface area contributed by atoms with Gasteiger partial charge in [0.15, 0.2) is 5.78 Å². The second-order valence-electron chi connectivity index (χ2n) is 9.89. The topological polar surface area (TPSA) is 150 Å². The van der Waals surface area contributed by atoms with Crippen LogP contribution in [0.1, 0.15) is 64.4 Å². The molecule has 1 fully saturated rings. The number of aliphatic hydroxyl groups excluding tert-OH is 1. The Morgan fingerprint density at radius 3 is 2.33 bits per heavy atom. The number of nitrogens with zero attached hydrogens (tertiary/aromatic N) is 2. The largest absolute Gasteiger partial charge is 0.544 e. The van der Waals surface area contributed by atoms with Gasteiger partial charge in [-0.2, -0.15) is 0 Å². The molecule has 2 heterocycles. The molecule has 0 bridgehead atoms. The maximum Gasteiger partial charge on any atom is 0.275 e. The van der Waals surface area contributed by atoms with Crippen molar-refractivity contribution in [2.24, 2.45) is 11.8 Å². The van der Waals surface area contributed by atoms with Gasteiger partial charge < -0.3 is 26.1 Å². The number of aliphatic hydroxyl groups is 1. The van der Waals surface area contributed by atoms with Gasteiger partial charge in [0, 0.05) is 21.9 Å². The first kappa shape index (κ1) is 30.6. The number of thiazole rings is 1. The first-order valence-corrected chi connectivity index (χ1v) is 14.7. The van der Waals surface area contributed by atoms with Crippen LogP contribution in [0.5, 0.6) is 0 Å². The number of rotatable bonds is 9. The number of hydrogen-bond acceptors (Lipinski definition) is 9. The molecule has 0 aliphatic heterocycles. The van der Waals surface area contributed by atoms with Crippen LogP contribution >= 0.6 is 22.7 Å². The van der Waals surface area contributed by atoms with Crippen LogP contribution < -0.4 is 16.2 Å². The van der Waals surface area contributed by atoms with E-state index < -0.39 is 12.0 Å². The lowest BCUT2D eigenvalue weighted by Gasteiger charge is -2.31. The summed E-state index contributed by atoms with van der Waals surface area (Å²) in [5.74, 6) is -0.926. The van der Waals surface area contributed by atoms with Crippen LogP contribution in [0.25, 0.3) is 10.4 Å². The zero-order chi connectivity index (χ0) is 28.5. The Kier molecular flexibility index (Phi) is 11.3. The highest BCUT2D eigenvalue weighted by Gasteiger charge is 2.34. The summed E-state index contributed by atoms with van der Waals surface area (Å²) in [7, 11) is 3.62. The summed E-state index contributed by atoms with van der Waals surface area (Å²) in [5, 5.41) is 24.3. The van der Waals surface area contributed by atoms with E-state index in [9.17, 15) is 19.5 Å². The van der Waals surface area contributed by atoms with Crippen LogP contribution in [0, 0.1) is 11.8 Å². The first-order valence-electron chi connectivity index (χ1n) is 12.9. The molecule has 1 saturated carbocycles. The minimum Gasteiger partial charge on any atom is -0.544 e. The Bertz CT molecular complexity index is 1230.